The van der Waals surface area contributed by atoms with Crippen molar-refractivity contribution in [2.75, 3.05) is 19.5 Å². The smallest absolute Gasteiger partial charge is 0.233 e. The lowest BCUT2D eigenvalue weighted by Gasteiger charge is -2.08. The second-order valence-electron chi connectivity index (χ2n) is 3.41. The molecule has 0 unspecified atom stereocenters. The van der Waals surface area contributed by atoms with Crippen LogP contribution in [0.4, 0.5) is 16.0 Å². The van der Waals surface area contributed by atoms with Crippen LogP contribution in [0.5, 0.6) is 11.8 Å². The molecule has 2 aromatic rings. The first kappa shape index (κ1) is 12.1. The Hall–Kier alpha value is -2.37. The predicted molar refractivity (Wildman–Crippen MR) is 64.8 cm³/mol. The van der Waals surface area contributed by atoms with E-state index in [4.69, 9.17) is 9.47 Å². The van der Waals surface area contributed by atoms with E-state index in [1.165, 1.54) is 26.4 Å². The van der Waals surface area contributed by atoms with E-state index in [9.17, 15) is 4.39 Å². The number of benzene rings is 1. The number of anilines is 2. The maximum atomic E-state index is 12.8. The maximum absolute atomic E-state index is 12.8. The molecule has 0 bridgehead atoms. The Morgan fingerprint density at radius 3 is 2.06 bits per heavy atom. The van der Waals surface area contributed by atoms with Crippen molar-refractivity contribution < 1.29 is 13.9 Å². The van der Waals surface area contributed by atoms with Crippen molar-refractivity contribution in [3.8, 4) is 11.8 Å². The largest absolute Gasteiger partial charge is 0.481 e. The molecule has 18 heavy (non-hydrogen) atoms. The molecule has 1 heterocycles. The third-order valence-electron chi connectivity index (χ3n) is 2.20. The van der Waals surface area contributed by atoms with Gasteiger partial charge in [0.15, 0.2) is 0 Å². The van der Waals surface area contributed by atoms with E-state index < -0.39 is 0 Å². The van der Waals surface area contributed by atoms with Crippen LogP contribution < -0.4 is 14.8 Å². The molecule has 1 aromatic heterocycles. The van der Waals surface area contributed by atoms with Crippen molar-refractivity contribution in [1.29, 1.82) is 0 Å². The van der Waals surface area contributed by atoms with E-state index >= 15 is 0 Å². The molecule has 0 saturated heterocycles. The van der Waals surface area contributed by atoms with Crippen LogP contribution in [0.15, 0.2) is 30.3 Å². The lowest BCUT2D eigenvalue weighted by atomic mass is 10.3. The number of nitrogens with one attached hydrogen (secondary N) is 1. The Kier molecular flexibility index (Phi) is 3.57. The van der Waals surface area contributed by atoms with Crippen molar-refractivity contribution in [1.82, 2.24) is 9.97 Å². The highest BCUT2D eigenvalue weighted by atomic mass is 19.1. The third-order valence-corrected chi connectivity index (χ3v) is 2.20. The van der Waals surface area contributed by atoms with Crippen LogP contribution in [-0.2, 0) is 0 Å². The van der Waals surface area contributed by atoms with Gasteiger partial charge < -0.3 is 14.8 Å². The first-order chi connectivity index (χ1) is 8.71. The minimum absolute atomic E-state index is 0.301. The van der Waals surface area contributed by atoms with Crippen LogP contribution >= 0.6 is 0 Å². The summed E-state index contributed by atoms with van der Waals surface area (Å²) >= 11 is 0. The number of ether oxygens (including phenoxy) is 2. The molecular weight excluding hydrogens is 237 g/mol. The minimum atomic E-state index is -0.301. The van der Waals surface area contributed by atoms with E-state index in [0.717, 1.165) is 0 Å². The van der Waals surface area contributed by atoms with Crippen LogP contribution in [0.2, 0.25) is 0 Å². The number of hydrogen-bond acceptors (Lipinski definition) is 5. The fourth-order valence-electron chi connectivity index (χ4n) is 1.33. The molecule has 1 aromatic carbocycles. The topological polar surface area (TPSA) is 56.3 Å². The number of nitrogens with zero attached hydrogens (tertiary/aromatic N) is 2. The van der Waals surface area contributed by atoms with Crippen LogP contribution in [-0.4, -0.2) is 24.2 Å². The Bertz CT molecular complexity index is 509. The summed E-state index contributed by atoms with van der Waals surface area (Å²) in [7, 11) is 3.01. The van der Waals surface area contributed by atoms with E-state index in [1.807, 2.05) is 0 Å². The molecule has 0 radical (unpaired) electrons. The summed E-state index contributed by atoms with van der Waals surface area (Å²) in [4.78, 5) is 8.20. The quantitative estimate of drug-likeness (QED) is 0.901. The Balaban J connectivity index is 2.25. The molecule has 0 aliphatic heterocycles. The SMILES string of the molecule is COc1cc(OC)nc(Nc2ccc(F)cc2)n1. The van der Waals surface area contributed by atoms with Gasteiger partial charge in [-0.25, -0.2) is 4.39 Å². The van der Waals surface area contributed by atoms with Gasteiger partial charge in [0.2, 0.25) is 17.7 Å². The number of methoxy groups -OCH3 is 2. The Morgan fingerprint density at radius 2 is 1.56 bits per heavy atom. The minimum Gasteiger partial charge on any atom is -0.481 e. The van der Waals surface area contributed by atoms with Crippen molar-refractivity contribution in [2.24, 2.45) is 0 Å². The van der Waals surface area contributed by atoms with Crippen molar-refractivity contribution in [3.05, 3.63) is 36.1 Å². The molecule has 2 rings (SSSR count). The maximum Gasteiger partial charge on any atom is 0.233 e. The van der Waals surface area contributed by atoms with Gasteiger partial charge in [-0.1, -0.05) is 0 Å². The zero-order valence-electron chi connectivity index (χ0n) is 9.98. The van der Waals surface area contributed by atoms with Crippen LogP contribution in [0.3, 0.4) is 0 Å². The molecule has 94 valence electrons. The standard InChI is InChI=1S/C12H12FN3O2/c1-17-10-7-11(18-2)16-12(15-10)14-9-5-3-8(13)4-6-9/h3-7H,1-2H3,(H,14,15,16). The molecule has 0 atom stereocenters. The monoisotopic (exact) mass is 249 g/mol. The van der Waals surface area contributed by atoms with Crippen LogP contribution in [0, 0.1) is 5.82 Å². The summed E-state index contributed by atoms with van der Waals surface area (Å²) in [5.74, 6) is 0.778. The van der Waals surface area contributed by atoms with Crippen LogP contribution in [0.25, 0.3) is 0 Å². The molecular formula is C12H12FN3O2. The van der Waals surface area contributed by atoms with E-state index in [1.54, 1.807) is 18.2 Å². The number of rotatable bonds is 4. The fraction of sp³-hybridized carbons (Fsp3) is 0.167. The molecule has 6 heteroatoms. The number of aromatic nitrogens is 2. The van der Waals surface area contributed by atoms with Gasteiger partial charge in [0.25, 0.3) is 0 Å². The van der Waals surface area contributed by atoms with Gasteiger partial charge in [-0.3, -0.25) is 0 Å². The van der Waals surface area contributed by atoms with Gasteiger partial charge >= 0.3 is 0 Å². The lowest BCUT2D eigenvalue weighted by Crippen LogP contribution is -2.01. The fourth-order valence-corrected chi connectivity index (χ4v) is 1.33. The van der Waals surface area contributed by atoms with E-state index in [2.05, 4.69) is 15.3 Å². The van der Waals surface area contributed by atoms with Crippen molar-refractivity contribution >= 4 is 11.6 Å². The molecule has 0 aliphatic rings. The van der Waals surface area contributed by atoms with Gasteiger partial charge in [0.05, 0.1) is 20.3 Å². The highest BCUT2D eigenvalue weighted by Gasteiger charge is 2.05. The Morgan fingerprint density at radius 1 is 1.00 bits per heavy atom. The van der Waals surface area contributed by atoms with Gasteiger partial charge in [-0.15, -0.1) is 0 Å². The zero-order chi connectivity index (χ0) is 13.0. The summed E-state index contributed by atoms with van der Waals surface area (Å²) in [6, 6.07) is 7.44. The van der Waals surface area contributed by atoms with Gasteiger partial charge in [0.1, 0.15) is 5.82 Å². The molecule has 0 amide bonds. The molecule has 1 N–H and O–H groups in total. The molecule has 0 aliphatic carbocycles. The number of hydrogen-bond donors (Lipinski definition) is 1. The summed E-state index contributed by atoms with van der Waals surface area (Å²) in [6.07, 6.45) is 0. The second-order valence-corrected chi connectivity index (χ2v) is 3.41. The first-order valence-electron chi connectivity index (χ1n) is 5.21. The highest BCUT2D eigenvalue weighted by Crippen LogP contribution is 2.20. The predicted octanol–water partition coefficient (Wildman–Crippen LogP) is 2.38. The summed E-state index contributed by atoms with van der Waals surface area (Å²) in [6.45, 7) is 0. The molecule has 5 nitrogen and oxygen atoms in total. The van der Waals surface area contributed by atoms with Gasteiger partial charge in [-0.2, -0.15) is 9.97 Å². The molecule has 0 saturated carbocycles. The summed E-state index contributed by atoms with van der Waals surface area (Å²) in [5, 5.41) is 2.93. The lowest BCUT2D eigenvalue weighted by molar-refractivity contribution is 0.373. The summed E-state index contributed by atoms with van der Waals surface area (Å²) < 4.78 is 22.8. The average Bonchev–Trinajstić information content (AvgIpc) is 2.41. The van der Waals surface area contributed by atoms with Gasteiger partial charge in [-0.05, 0) is 24.3 Å². The van der Waals surface area contributed by atoms with Crippen molar-refractivity contribution in [2.45, 2.75) is 0 Å². The van der Waals surface area contributed by atoms with E-state index in [0.29, 0.717) is 23.4 Å². The molecule has 0 spiro atoms. The average molecular weight is 249 g/mol. The second kappa shape index (κ2) is 5.31. The Labute approximate surface area is 104 Å². The summed E-state index contributed by atoms with van der Waals surface area (Å²) in [5.41, 5.74) is 0.673. The first-order valence-corrected chi connectivity index (χ1v) is 5.21. The van der Waals surface area contributed by atoms with E-state index in [-0.39, 0.29) is 5.82 Å². The van der Waals surface area contributed by atoms with Gasteiger partial charge in [0, 0.05) is 5.69 Å². The number of halogens is 1. The van der Waals surface area contributed by atoms with Crippen LogP contribution in [0.1, 0.15) is 0 Å². The zero-order valence-corrected chi connectivity index (χ0v) is 9.98. The highest BCUT2D eigenvalue weighted by molar-refractivity contribution is 5.53. The normalized spacial score (nSPS) is 9.94. The van der Waals surface area contributed by atoms with Crippen molar-refractivity contribution in [3.63, 3.8) is 0 Å². The third kappa shape index (κ3) is 2.85. The molecule has 0 fully saturated rings.